The van der Waals surface area contributed by atoms with Gasteiger partial charge in [0.15, 0.2) is 0 Å². The molecule has 1 aromatic heterocycles. The molecule has 0 radical (unpaired) electrons. The number of nitrogens with zero attached hydrogens (tertiary/aromatic N) is 2. The first-order valence-corrected chi connectivity index (χ1v) is 6.89. The van der Waals surface area contributed by atoms with Crippen LogP contribution >= 0.6 is 0 Å². The Hall–Kier alpha value is -2.21. The third kappa shape index (κ3) is 2.67. The Kier molecular flexibility index (Phi) is 3.06. The molecule has 110 valence electrons. The molecular weight excluding hydrogens is 270 g/mol. The second-order valence-corrected chi connectivity index (χ2v) is 6.02. The molecule has 0 aliphatic heterocycles. The number of aromatic nitrogens is 1. The minimum atomic E-state index is -0.610. The predicted octanol–water partition coefficient (Wildman–Crippen LogP) is 2.78. The summed E-state index contributed by atoms with van der Waals surface area (Å²) in [7, 11) is 0. The minimum absolute atomic E-state index is 0.0526. The Bertz CT molecular complexity index is 719. The highest BCUT2D eigenvalue weighted by Crippen LogP contribution is 2.36. The highest BCUT2D eigenvalue weighted by atomic mass is 16.6. The summed E-state index contributed by atoms with van der Waals surface area (Å²) in [5.41, 5.74) is 1.86. The number of hydrogen-bond donors (Lipinski definition) is 2. The maximum Gasteiger partial charge on any atom is 0.270 e. The summed E-state index contributed by atoms with van der Waals surface area (Å²) >= 11 is 0. The van der Waals surface area contributed by atoms with Gasteiger partial charge in [0.25, 0.3) is 5.69 Å². The Morgan fingerprint density at radius 3 is 2.76 bits per heavy atom. The van der Waals surface area contributed by atoms with Crippen molar-refractivity contribution in [1.29, 1.82) is 0 Å². The molecule has 0 unspecified atom stereocenters. The molecule has 1 heterocycles. The van der Waals surface area contributed by atoms with Crippen LogP contribution in [0.2, 0.25) is 0 Å². The molecule has 0 saturated heterocycles. The van der Waals surface area contributed by atoms with Gasteiger partial charge >= 0.3 is 0 Å². The van der Waals surface area contributed by atoms with Crippen LogP contribution in [0.15, 0.2) is 24.3 Å². The summed E-state index contributed by atoms with van der Waals surface area (Å²) in [5, 5.41) is 24.8. The molecule has 0 spiro atoms. The molecule has 0 bridgehead atoms. The molecule has 2 N–H and O–H groups in total. The molecule has 21 heavy (non-hydrogen) atoms. The van der Waals surface area contributed by atoms with Gasteiger partial charge in [-0.2, -0.15) is 0 Å². The molecule has 1 aliphatic rings. The SMILES string of the molecule is Cc1cc(NC2CC(C)(O)C2)c2cc([N+](=O)[O-])ccc2n1. The van der Waals surface area contributed by atoms with E-state index in [9.17, 15) is 15.2 Å². The Balaban J connectivity index is 1.99. The van der Waals surface area contributed by atoms with Crippen LogP contribution in [-0.4, -0.2) is 26.7 Å². The Morgan fingerprint density at radius 1 is 1.43 bits per heavy atom. The second kappa shape index (κ2) is 4.66. The molecule has 6 nitrogen and oxygen atoms in total. The number of fused-ring (bicyclic) bond motifs is 1. The van der Waals surface area contributed by atoms with Gasteiger partial charge in [0.1, 0.15) is 0 Å². The van der Waals surface area contributed by atoms with E-state index >= 15 is 0 Å². The lowest BCUT2D eigenvalue weighted by molar-refractivity contribution is -0.384. The van der Waals surface area contributed by atoms with E-state index in [-0.39, 0.29) is 11.7 Å². The summed E-state index contributed by atoms with van der Waals surface area (Å²) in [4.78, 5) is 14.9. The lowest BCUT2D eigenvalue weighted by Gasteiger charge is -2.41. The van der Waals surface area contributed by atoms with E-state index in [1.807, 2.05) is 19.9 Å². The molecule has 6 heteroatoms. The first-order valence-electron chi connectivity index (χ1n) is 6.89. The van der Waals surface area contributed by atoms with Crippen molar-refractivity contribution >= 4 is 22.3 Å². The number of hydrogen-bond acceptors (Lipinski definition) is 5. The van der Waals surface area contributed by atoms with Gasteiger partial charge in [-0.25, -0.2) is 0 Å². The van der Waals surface area contributed by atoms with Crippen LogP contribution in [-0.2, 0) is 0 Å². The zero-order valence-corrected chi connectivity index (χ0v) is 12.0. The first kappa shape index (κ1) is 13.8. The van der Waals surface area contributed by atoms with E-state index in [1.165, 1.54) is 6.07 Å². The van der Waals surface area contributed by atoms with Gasteiger partial charge < -0.3 is 10.4 Å². The largest absolute Gasteiger partial charge is 0.390 e. The van der Waals surface area contributed by atoms with E-state index < -0.39 is 10.5 Å². The monoisotopic (exact) mass is 287 g/mol. The van der Waals surface area contributed by atoms with E-state index in [2.05, 4.69) is 10.3 Å². The highest BCUT2D eigenvalue weighted by molar-refractivity contribution is 5.93. The first-order chi connectivity index (χ1) is 9.84. The number of pyridine rings is 1. The summed E-state index contributed by atoms with van der Waals surface area (Å²) in [6.07, 6.45) is 1.34. The quantitative estimate of drug-likeness (QED) is 0.669. The van der Waals surface area contributed by atoms with E-state index in [1.54, 1.807) is 12.1 Å². The van der Waals surface area contributed by atoms with Crippen molar-refractivity contribution in [3.05, 3.63) is 40.1 Å². The molecule has 0 atom stereocenters. The van der Waals surface area contributed by atoms with Gasteiger partial charge in [-0.3, -0.25) is 15.1 Å². The molecule has 1 aliphatic carbocycles. The third-order valence-electron chi connectivity index (χ3n) is 3.86. The van der Waals surface area contributed by atoms with Crippen molar-refractivity contribution < 1.29 is 10.0 Å². The smallest absolute Gasteiger partial charge is 0.270 e. The number of anilines is 1. The summed E-state index contributed by atoms with van der Waals surface area (Å²) in [6, 6.07) is 6.75. The lowest BCUT2D eigenvalue weighted by atomic mass is 9.77. The number of rotatable bonds is 3. The molecule has 1 fully saturated rings. The van der Waals surface area contributed by atoms with Crippen LogP contribution in [0, 0.1) is 17.0 Å². The Morgan fingerprint density at radius 2 is 2.14 bits per heavy atom. The van der Waals surface area contributed by atoms with E-state index in [0.717, 1.165) is 22.3 Å². The van der Waals surface area contributed by atoms with Crippen LogP contribution in [0.1, 0.15) is 25.5 Å². The van der Waals surface area contributed by atoms with Crippen LogP contribution in [0.25, 0.3) is 10.9 Å². The van der Waals surface area contributed by atoms with Gasteiger partial charge in [-0.1, -0.05) is 0 Å². The topological polar surface area (TPSA) is 88.3 Å². The van der Waals surface area contributed by atoms with Gasteiger partial charge in [0.05, 0.1) is 16.0 Å². The number of benzene rings is 1. The van der Waals surface area contributed by atoms with Gasteiger partial charge in [-0.05, 0) is 38.8 Å². The predicted molar refractivity (Wildman–Crippen MR) is 80.4 cm³/mol. The van der Waals surface area contributed by atoms with Crippen LogP contribution in [0.5, 0.6) is 0 Å². The van der Waals surface area contributed by atoms with Gasteiger partial charge in [0.2, 0.25) is 0 Å². The van der Waals surface area contributed by atoms with Crippen molar-refractivity contribution in [2.75, 3.05) is 5.32 Å². The van der Waals surface area contributed by atoms with Crippen molar-refractivity contribution in [3.8, 4) is 0 Å². The number of nitro benzene ring substituents is 1. The van der Waals surface area contributed by atoms with E-state index in [4.69, 9.17) is 0 Å². The number of aliphatic hydroxyl groups is 1. The van der Waals surface area contributed by atoms with Crippen molar-refractivity contribution in [2.24, 2.45) is 0 Å². The number of non-ortho nitro benzene ring substituents is 1. The van der Waals surface area contributed by atoms with Crippen LogP contribution < -0.4 is 5.32 Å². The molecular formula is C15H17N3O3. The summed E-state index contributed by atoms with van der Waals surface area (Å²) in [5.74, 6) is 0. The minimum Gasteiger partial charge on any atom is -0.390 e. The maximum absolute atomic E-state index is 10.9. The number of nitro groups is 1. The summed E-state index contributed by atoms with van der Waals surface area (Å²) < 4.78 is 0. The zero-order chi connectivity index (χ0) is 15.2. The van der Waals surface area contributed by atoms with Crippen LogP contribution in [0.4, 0.5) is 11.4 Å². The summed E-state index contributed by atoms with van der Waals surface area (Å²) in [6.45, 7) is 3.70. The number of aryl methyl sites for hydroxylation is 1. The average molecular weight is 287 g/mol. The van der Waals surface area contributed by atoms with Gasteiger partial charge in [0, 0.05) is 34.9 Å². The molecule has 0 amide bonds. The zero-order valence-electron chi connectivity index (χ0n) is 12.0. The van der Waals surface area contributed by atoms with Crippen LogP contribution in [0.3, 0.4) is 0 Å². The molecule has 1 saturated carbocycles. The van der Waals surface area contributed by atoms with E-state index in [0.29, 0.717) is 12.8 Å². The normalized spacial score (nSPS) is 24.6. The fourth-order valence-electron chi connectivity index (χ4n) is 2.90. The third-order valence-corrected chi connectivity index (χ3v) is 3.86. The molecule has 3 rings (SSSR count). The molecule has 2 aromatic rings. The fourth-order valence-corrected chi connectivity index (χ4v) is 2.90. The van der Waals surface area contributed by atoms with Gasteiger partial charge in [-0.15, -0.1) is 0 Å². The standard InChI is InChI=1S/C15H17N3O3/c1-9-5-14(17-10-7-15(2,19)8-10)12-6-11(18(20)21)3-4-13(12)16-9/h3-6,10,19H,7-8H2,1-2H3,(H,16,17). The van der Waals surface area contributed by atoms with Crippen molar-refractivity contribution in [3.63, 3.8) is 0 Å². The second-order valence-electron chi connectivity index (χ2n) is 6.02. The van der Waals surface area contributed by atoms with Crippen molar-refractivity contribution in [1.82, 2.24) is 4.98 Å². The number of nitrogens with one attached hydrogen (secondary N) is 1. The van der Waals surface area contributed by atoms with Crippen molar-refractivity contribution in [2.45, 2.75) is 38.3 Å². The molecule has 1 aromatic carbocycles. The lowest BCUT2D eigenvalue weighted by Crippen LogP contribution is -2.48. The maximum atomic E-state index is 10.9. The highest BCUT2D eigenvalue weighted by Gasteiger charge is 2.38. The fraction of sp³-hybridized carbons (Fsp3) is 0.400. The Labute approximate surface area is 122 Å². The average Bonchev–Trinajstić information content (AvgIpc) is 2.35.